The summed E-state index contributed by atoms with van der Waals surface area (Å²) in [6, 6.07) is 3.72. The monoisotopic (exact) mass is 222 g/mol. The molecule has 2 atom stereocenters. The van der Waals surface area contributed by atoms with Crippen LogP contribution in [-0.2, 0) is 6.42 Å². The van der Waals surface area contributed by atoms with Gasteiger partial charge in [-0.1, -0.05) is 0 Å². The molecule has 1 aromatic rings. The minimum Gasteiger partial charge on any atom is -0.315 e. The van der Waals surface area contributed by atoms with Gasteiger partial charge in [0.2, 0.25) is 0 Å². The Morgan fingerprint density at radius 1 is 1.53 bits per heavy atom. The van der Waals surface area contributed by atoms with Gasteiger partial charge in [0.15, 0.2) is 0 Å². The SMILES string of the molecule is CC1c2ccsc2CCN1C1CCNC1. The smallest absolute Gasteiger partial charge is 0.0334 e. The Bertz CT molecular complexity index is 341. The molecule has 2 aliphatic heterocycles. The fourth-order valence-corrected chi connectivity index (χ4v) is 3.91. The minimum atomic E-state index is 0.630. The molecule has 1 saturated heterocycles. The standard InChI is InChI=1S/C12H18N2S/c1-9-11-4-7-15-12(11)3-6-14(9)10-2-5-13-8-10/h4,7,9-10,13H,2-3,5-6,8H2,1H3. The third-order valence-corrected chi connectivity index (χ3v) is 4.82. The summed E-state index contributed by atoms with van der Waals surface area (Å²) in [5.74, 6) is 0. The molecule has 0 aliphatic carbocycles. The van der Waals surface area contributed by atoms with E-state index in [9.17, 15) is 0 Å². The Morgan fingerprint density at radius 3 is 3.27 bits per heavy atom. The third kappa shape index (κ3) is 1.63. The van der Waals surface area contributed by atoms with Gasteiger partial charge in [0.25, 0.3) is 0 Å². The summed E-state index contributed by atoms with van der Waals surface area (Å²) < 4.78 is 0. The fourth-order valence-electron chi connectivity index (χ4n) is 2.95. The van der Waals surface area contributed by atoms with Gasteiger partial charge in [0.05, 0.1) is 0 Å². The molecule has 2 unspecified atom stereocenters. The second-order valence-electron chi connectivity index (χ2n) is 4.61. The van der Waals surface area contributed by atoms with E-state index in [0.29, 0.717) is 6.04 Å². The summed E-state index contributed by atoms with van der Waals surface area (Å²) in [5.41, 5.74) is 1.58. The predicted molar refractivity (Wildman–Crippen MR) is 64.4 cm³/mol. The molecule has 2 nitrogen and oxygen atoms in total. The minimum absolute atomic E-state index is 0.630. The lowest BCUT2D eigenvalue weighted by atomic mass is 9.99. The number of nitrogens with one attached hydrogen (secondary N) is 1. The summed E-state index contributed by atoms with van der Waals surface area (Å²) in [5, 5.41) is 5.72. The lowest BCUT2D eigenvalue weighted by Gasteiger charge is -2.37. The van der Waals surface area contributed by atoms with Crippen LogP contribution in [0.15, 0.2) is 11.4 Å². The third-order valence-electron chi connectivity index (χ3n) is 3.83. The van der Waals surface area contributed by atoms with Crippen molar-refractivity contribution in [1.29, 1.82) is 0 Å². The molecule has 2 aliphatic rings. The van der Waals surface area contributed by atoms with Crippen LogP contribution >= 0.6 is 11.3 Å². The van der Waals surface area contributed by atoms with E-state index in [2.05, 4.69) is 28.6 Å². The molecule has 0 spiro atoms. The molecule has 0 aromatic carbocycles. The summed E-state index contributed by atoms with van der Waals surface area (Å²) in [6.45, 7) is 6.00. The summed E-state index contributed by atoms with van der Waals surface area (Å²) in [7, 11) is 0. The Morgan fingerprint density at radius 2 is 2.47 bits per heavy atom. The number of thiophene rings is 1. The highest BCUT2D eigenvalue weighted by molar-refractivity contribution is 7.10. The molecule has 1 fully saturated rings. The lowest BCUT2D eigenvalue weighted by molar-refractivity contribution is 0.145. The van der Waals surface area contributed by atoms with Gasteiger partial charge in [-0.05, 0) is 43.3 Å². The highest BCUT2D eigenvalue weighted by atomic mass is 32.1. The van der Waals surface area contributed by atoms with Gasteiger partial charge in [0.1, 0.15) is 0 Å². The molecule has 3 rings (SSSR count). The first-order valence-electron chi connectivity index (χ1n) is 5.89. The molecule has 0 amide bonds. The van der Waals surface area contributed by atoms with Crippen molar-refractivity contribution in [3.8, 4) is 0 Å². The maximum absolute atomic E-state index is 3.47. The molecule has 0 radical (unpaired) electrons. The number of rotatable bonds is 1. The molecule has 15 heavy (non-hydrogen) atoms. The normalized spacial score (nSPS) is 31.8. The summed E-state index contributed by atoms with van der Waals surface area (Å²) in [4.78, 5) is 4.31. The second kappa shape index (κ2) is 3.89. The molecular formula is C12H18N2S. The Labute approximate surface area is 95.3 Å². The van der Waals surface area contributed by atoms with E-state index in [1.165, 1.54) is 32.5 Å². The molecule has 0 saturated carbocycles. The predicted octanol–water partition coefficient (Wildman–Crippen LogP) is 2.03. The first kappa shape index (κ1) is 9.82. The van der Waals surface area contributed by atoms with Gasteiger partial charge in [-0.15, -0.1) is 11.3 Å². The Hall–Kier alpha value is -0.380. The molecule has 3 heterocycles. The van der Waals surface area contributed by atoms with Crippen molar-refractivity contribution in [3.63, 3.8) is 0 Å². The Kier molecular flexibility index (Phi) is 2.54. The van der Waals surface area contributed by atoms with Gasteiger partial charge in [-0.2, -0.15) is 0 Å². The molecule has 1 N–H and O–H groups in total. The van der Waals surface area contributed by atoms with Crippen LogP contribution in [0.1, 0.15) is 29.8 Å². The van der Waals surface area contributed by atoms with E-state index in [1.54, 1.807) is 10.4 Å². The van der Waals surface area contributed by atoms with Crippen LogP contribution in [-0.4, -0.2) is 30.6 Å². The van der Waals surface area contributed by atoms with Gasteiger partial charge in [-0.3, -0.25) is 4.90 Å². The average Bonchev–Trinajstić information content (AvgIpc) is 2.87. The van der Waals surface area contributed by atoms with E-state index in [1.807, 2.05) is 11.3 Å². The molecule has 1 aromatic heterocycles. The van der Waals surface area contributed by atoms with E-state index in [4.69, 9.17) is 0 Å². The quantitative estimate of drug-likeness (QED) is 0.782. The summed E-state index contributed by atoms with van der Waals surface area (Å²) >= 11 is 1.93. The van der Waals surface area contributed by atoms with Gasteiger partial charge < -0.3 is 5.32 Å². The zero-order valence-electron chi connectivity index (χ0n) is 9.20. The van der Waals surface area contributed by atoms with Crippen LogP contribution in [0.4, 0.5) is 0 Å². The lowest BCUT2D eigenvalue weighted by Crippen LogP contribution is -2.42. The zero-order chi connectivity index (χ0) is 10.3. The fraction of sp³-hybridized carbons (Fsp3) is 0.667. The van der Waals surface area contributed by atoms with Crippen LogP contribution in [0.2, 0.25) is 0 Å². The van der Waals surface area contributed by atoms with Crippen LogP contribution in [0.3, 0.4) is 0 Å². The van der Waals surface area contributed by atoms with Crippen molar-refractivity contribution in [2.45, 2.75) is 31.8 Å². The number of hydrogen-bond acceptors (Lipinski definition) is 3. The number of hydrogen-bond donors (Lipinski definition) is 1. The highest BCUT2D eigenvalue weighted by Gasteiger charge is 2.31. The van der Waals surface area contributed by atoms with Crippen molar-refractivity contribution in [3.05, 3.63) is 21.9 Å². The van der Waals surface area contributed by atoms with Gasteiger partial charge in [0, 0.05) is 30.1 Å². The van der Waals surface area contributed by atoms with Crippen molar-refractivity contribution in [1.82, 2.24) is 10.2 Å². The number of fused-ring (bicyclic) bond motifs is 1. The average molecular weight is 222 g/mol. The Balaban J connectivity index is 1.83. The van der Waals surface area contributed by atoms with Gasteiger partial charge >= 0.3 is 0 Å². The van der Waals surface area contributed by atoms with Crippen molar-refractivity contribution >= 4 is 11.3 Å². The van der Waals surface area contributed by atoms with E-state index in [0.717, 1.165) is 6.04 Å². The number of nitrogens with zero attached hydrogens (tertiary/aromatic N) is 1. The van der Waals surface area contributed by atoms with Crippen LogP contribution in [0, 0.1) is 0 Å². The van der Waals surface area contributed by atoms with Gasteiger partial charge in [-0.25, -0.2) is 0 Å². The zero-order valence-corrected chi connectivity index (χ0v) is 10.0. The first-order valence-corrected chi connectivity index (χ1v) is 6.77. The topological polar surface area (TPSA) is 15.3 Å². The molecule has 82 valence electrons. The molecular weight excluding hydrogens is 204 g/mol. The maximum Gasteiger partial charge on any atom is 0.0334 e. The molecule has 0 bridgehead atoms. The van der Waals surface area contributed by atoms with Crippen LogP contribution < -0.4 is 5.32 Å². The van der Waals surface area contributed by atoms with E-state index >= 15 is 0 Å². The second-order valence-corrected chi connectivity index (χ2v) is 5.61. The highest BCUT2D eigenvalue weighted by Crippen LogP contribution is 2.34. The first-order chi connectivity index (χ1) is 7.36. The van der Waals surface area contributed by atoms with Crippen LogP contribution in [0.5, 0.6) is 0 Å². The molecule has 3 heteroatoms. The van der Waals surface area contributed by atoms with Crippen molar-refractivity contribution in [2.24, 2.45) is 0 Å². The summed E-state index contributed by atoms with van der Waals surface area (Å²) in [6.07, 6.45) is 2.58. The van der Waals surface area contributed by atoms with Crippen molar-refractivity contribution < 1.29 is 0 Å². The largest absolute Gasteiger partial charge is 0.315 e. The van der Waals surface area contributed by atoms with Crippen LogP contribution in [0.25, 0.3) is 0 Å². The van der Waals surface area contributed by atoms with Crippen molar-refractivity contribution in [2.75, 3.05) is 19.6 Å². The van der Waals surface area contributed by atoms with E-state index in [-0.39, 0.29) is 0 Å². The van der Waals surface area contributed by atoms with E-state index < -0.39 is 0 Å². The maximum atomic E-state index is 3.47.